The Morgan fingerprint density at radius 2 is 1.97 bits per heavy atom. The lowest BCUT2D eigenvalue weighted by atomic mass is 10.2. The Morgan fingerprint density at radius 1 is 1.25 bits per heavy atom. The van der Waals surface area contributed by atoms with Gasteiger partial charge in [-0.1, -0.05) is 23.7 Å². The molecular weight excluding hydrogens is 486 g/mol. The van der Waals surface area contributed by atoms with Crippen LogP contribution >= 0.6 is 23.8 Å². The highest BCUT2D eigenvalue weighted by molar-refractivity contribution is 7.89. The van der Waals surface area contributed by atoms with Crippen molar-refractivity contribution in [3.63, 3.8) is 0 Å². The first kappa shape index (κ1) is 24.3. The molecule has 1 heterocycles. The highest BCUT2D eigenvalue weighted by Gasteiger charge is 2.27. The standard InChI is InChI=1S/C19H19ClF2N4O4S2/c20-15-6-5-14(32(27,28)26-7-9-29-10-8-26)11-16(15)24-19(31)25-23-12-13-3-1-2-4-17(13)30-18(21)22/h1-6,11-12,18H,7-10H2,(H2,24,25,31)/b23-12-. The van der Waals surface area contributed by atoms with Gasteiger partial charge in [0.2, 0.25) is 10.0 Å². The zero-order valence-electron chi connectivity index (χ0n) is 16.5. The number of hydrogen-bond donors (Lipinski definition) is 2. The number of benzene rings is 2. The second-order valence-electron chi connectivity index (χ2n) is 6.40. The van der Waals surface area contributed by atoms with Gasteiger partial charge in [0.05, 0.1) is 35.0 Å². The number of thiocarbonyl (C=S) groups is 1. The lowest BCUT2D eigenvalue weighted by Gasteiger charge is -2.26. The van der Waals surface area contributed by atoms with Crippen LogP contribution in [0.15, 0.2) is 52.5 Å². The van der Waals surface area contributed by atoms with Gasteiger partial charge in [0.1, 0.15) is 5.75 Å². The molecule has 0 aliphatic carbocycles. The fourth-order valence-corrected chi connectivity index (χ4v) is 4.56. The van der Waals surface area contributed by atoms with E-state index in [4.69, 9.17) is 28.6 Å². The van der Waals surface area contributed by atoms with Gasteiger partial charge >= 0.3 is 6.61 Å². The van der Waals surface area contributed by atoms with Gasteiger partial charge in [0.25, 0.3) is 0 Å². The predicted molar refractivity (Wildman–Crippen MR) is 121 cm³/mol. The molecule has 0 unspecified atom stereocenters. The summed E-state index contributed by atoms with van der Waals surface area (Å²) in [7, 11) is -3.72. The fourth-order valence-electron chi connectivity index (χ4n) is 2.80. The minimum absolute atomic E-state index is 0.0105. The molecule has 0 radical (unpaired) electrons. The highest BCUT2D eigenvalue weighted by atomic mass is 35.5. The van der Waals surface area contributed by atoms with Gasteiger partial charge < -0.3 is 14.8 Å². The van der Waals surface area contributed by atoms with Crippen LogP contribution in [-0.2, 0) is 14.8 Å². The maximum absolute atomic E-state index is 12.8. The number of ether oxygens (including phenoxy) is 2. The first-order chi connectivity index (χ1) is 15.3. The molecule has 172 valence electrons. The summed E-state index contributed by atoms with van der Waals surface area (Å²) in [6.45, 7) is -1.79. The SMILES string of the molecule is O=S(=O)(c1ccc(Cl)c(NC(=S)N/N=C\c2ccccc2OC(F)F)c1)N1CCOCC1. The van der Waals surface area contributed by atoms with Gasteiger partial charge in [-0.3, -0.25) is 5.43 Å². The van der Waals surface area contributed by atoms with Crippen molar-refractivity contribution in [2.24, 2.45) is 5.10 Å². The van der Waals surface area contributed by atoms with E-state index in [0.29, 0.717) is 18.8 Å². The average Bonchev–Trinajstić information content (AvgIpc) is 2.76. The number of nitrogens with zero attached hydrogens (tertiary/aromatic N) is 2. The molecular formula is C19H19ClF2N4O4S2. The molecule has 0 aromatic heterocycles. The van der Waals surface area contributed by atoms with E-state index in [9.17, 15) is 17.2 Å². The number of halogens is 3. The van der Waals surface area contributed by atoms with Gasteiger partial charge in [-0.05, 0) is 42.5 Å². The Hall–Kier alpha value is -2.38. The molecule has 2 aromatic carbocycles. The molecule has 32 heavy (non-hydrogen) atoms. The van der Waals surface area contributed by atoms with E-state index < -0.39 is 16.6 Å². The fraction of sp³-hybridized carbons (Fsp3) is 0.263. The summed E-state index contributed by atoms with van der Waals surface area (Å²) in [6.07, 6.45) is 1.26. The van der Waals surface area contributed by atoms with Crippen LogP contribution < -0.4 is 15.5 Å². The van der Waals surface area contributed by atoms with Crippen LogP contribution in [0, 0.1) is 0 Å². The molecule has 1 aliphatic heterocycles. The minimum Gasteiger partial charge on any atom is -0.434 e. The molecule has 3 rings (SSSR count). The monoisotopic (exact) mass is 504 g/mol. The van der Waals surface area contributed by atoms with Crippen molar-refractivity contribution in [2.45, 2.75) is 11.5 Å². The van der Waals surface area contributed by atoms with Crippen LogP contribution in [0.3, 0.4) is 0 Å². The van der Waals surface area contributed by atoms with E-state index >= 15 is 0 Å². The Balaban J connectivity index is 1.68. The van der Waals surface area contributed by atoms with Crippen LogP contribution in [0.5, 0.6) is 5.75 Å². The molecule has 13 heteroatoms. The molecule has 1 aliphatic rings. The summed E-state index contributed by atoms with van der Waals surface area (Å²) in [5.74, 6) is -0.0454. The highest BCUT2D eigenvalue weighted by Crippen LogP contribution is 2.27. The van der Waals surface area contributed by atoms with Gasteiger partial charge in [-0.15, -0.1) is 0 Å². The summed E-state index contributed by atoms with van der Waals surface area (Å²) < 4.78 is 61.6. The smallest absolute Gasteiger partial charge is 0.387 e. The molecule has 0 amide bonds. The van der Waals surface area contributed by atoms with Crippen LogP contribution in [0.4, 0.5) is 14.5 Å². The number of rotatable bonds is 7. The second-order valence-corrected chi connectivity index (χ2v) is 9.15. The van der Waals surface area contributed by atoms with Gasteiger partial charge in [-0.25, -0.2) is 8.42 Å². The number of sulfonamides is 1. The van der Waals surface area contributed by atoms with E-state index in [0.717, 1.165) is 0 Å². The number of nitrogens with one attached hydrogen (secondary N) is 2. The minimum atomic E-state index is -3.72. The quantitative estimate of drug-likeness (QED) is 0.339. The van der Waals surface area contributed by atoms with Crippen molar-refractivity contribution in [3.8, 4) is 5.75 Å². The molecule has 1 fully saturated rings. The first-order valence-corrected chi connectivity index (χ1v) is 11.5. The van der Waals surface area contributed by atoms with Crippen molar-refractivity contribution >= 4 is 50.9 Å². The van der Waals surface area contributed by atoms with Crippen molar-refractivity contribution in [1.82, 2.24) is 9.73 Å². The van der Waals surface area contributed by atoms with Crippen LogP contribution in [0.25, 0.3) is 0 Å². The van der Waals surface area contributed by atoms with Crippen LogP contribution in [0.1, 0.15) is 5.56 Å². The summed E-state index contributed by atoms with van der Waals surface area (Å²) in [5.41, 5.74) is 3.09. The molecule has 2 aromatic rings. The molecule has 0 bridgehead atoms. The van der Waals surface area contributed by atoms with E-state index in [-0.39, 0.29) is 39.6 Å². The third kappa shape index (κ3) is 6.33. The normalized spacial score (nSPS) is 15.1. The average molecular weight is 505 g/mol. The largest absolute Gasteiger partial charge is 0.434 e. The summed E-state index contributed by atoms with van der Waals surface area (Å²) in [4.78, 5) is 0.0516. The van der Waals surface area contributed by atoms with E-state index in [1.165, 1.54) is 40.9 Å². The Kier molecular flexibility index (Phi) is 8.32. The summed E-state index contributed by atoms with van der Waals surface area (Å²) in [5, 5.41) is 6.92. The topological polar surface area (TPSA) is 92.3 Å². The van der Waals surface area contributed by atoms with Crippen molar-refractivity contribution in [3.05, 3.63) is 53.1 Å². The third-order valence-corrected chi connectivity index (χ3v) is 6.72. The Bertz CT molecular complexity index is 1100. The summed E-state index contributed by atoms with van der Waals surface area (Å²) >= 11 is 11.3. The molecule has 8 nitrogen and oxygen atoms in total. The number of morpholine rings is 1. The van der Waals surface area contributed by atoms with Crippen LogP contribution in [0.2, 0.25) is 5.02 Å². The number of hydrogen-bond acceptors (Lipinski definition) is 6. The lowest BCUT2D eigenvalue weighted by molar-refractivity contribution is -0.0499. The first-order valence-electron chi connectivity index (χ1n) is 9.29. The zero-order chi connectivity index (χ0) is 23.1. The third-order valence-electron chi connectivity index (χ3n) is 4.30. The number of para-hydroxylation sites is 1. The Morgan fingerprint density at radius 3 is 2.69 bits per heavy atom. The van der Waals surface area contributed by atoms with Crippen molar-refractivity contribution < 1.29 is 26.7 Å². The molecule has 2 N–H and O–H groups in total. The number of anilines is 1. The lowest BCUT2D eigenvalue weighted by Crippen LogP contribution is -2.40. The maximum Gasteiger partial charge on any atom is 0.387 e. The van der Waals surface area contributed by atoms with Crippen molar-refractivity contribution in [1.29, 1.82) is 0 Å². The van der Waals surface area contributed by atoms with Gasteiger partial charge in [-0.2, -0.15) is 18.2 Å². The van der Waals surface area contributed by atoms with Crippen molar-refractivity contribution in [2.75, 3.05) is 31.6 Å². The molecule has 0 saturated carbocycles. The number of hydrazone groups is 1. The molecule has 1 saturated heterocycles. The van der Waals surface area contributed by atoms with Crippen LogP contribution in [-0.4, -0.2) is 57.0 Å². The second kappa shape index (κ2) is 11.0. The zero-order valence-corrected chi connectivity index (χ0v) is 18.9. The molecule has 0 spiro atoms. The van der Waals surface area contributed by atoms with E-state index in [1.54, 1.807) is 12.1 Å². The van der Waals surface area contributed by atoms with E-state index in [2.05, 4.69) is 20.6 Å². The predicted octanol–water partition coefficient (Wildman–Crippen LogP) is 3.28. The van der Waals surface area contributed by atoms with E-state index in [1.807, 2.05) is 0 Å². The molecule has 0 atom stereocenters. The van der Waals surface area contributed by atoms with Gasteiger partial charge in [0.15, 0.2) is 5.11 Å². The maximum atomic E-state index is 12.8. The Labute approximate surface area is 194 Å². The van der Waals surface area contributed by atoms with Gasteiger partial charge in [0, 0.05) is 18.7 Å². The summed E-state index contributed by atoms with van der Waals surface area (Å²) in [6, 6.07) is 10.3. The number of alkyl halides is 2.